The van der Waals surface area contributed by atoms with Crippen molar-refractivity contribution >= 4 is 55.8 Å². The molecule has 3 amide bonds. The lowest BCUT2D eigenvalue weighted by Gasteiger charge is -2.37. The maximum atomic E-state index is 13.2. The van der Waals surface area contributed by atoms with E-state index < -0.39 is 22.0 Å². The van der Waals surface area contributed by atoms with Gasteiger partial charge in [0.15, 0.2) is 0 Å². The highest BCUT2D eigenvalue weighted by atomic mass is 35.5. The molecule has 1 unspecified atom stereocenters. The maximum Gasteiger partial charge on any atom is 0.242 e. The van der Waals surface area contributed by atoms with Gasteiger partial charge in [-0.25, -0.2) is 8.42 Å². The van der Waals surface area contributed by atoms with Gasteiger partial charge in [0.25, 0.3) is 0 Å². The van der Waals surface area contributed by atoms with Gasteiger partial charge >= 0.3 is 0 Å². The third-order valence-electron chi connectivity index (χ3n) is 7.84. The van der Waals surface area contributed by atoms with E-state index in [-0.39, 0.29) is 29.8 Å². The number of carbonyl (C=O) groups excluding carboxylic acids is 3. The summed E-state index contributed by atoms with van der Waals surface area (Å²) >= 11 is 6.03. The zero-order valence-corrected chi connectivity index (χ0v) is 25.0. The third kappa shape index (κ3) is 6.92. The summed E-state index contributed by atoms with van der Waals surface area (Å²) < 4.78 is 28.8. The Balaban J connectivity index is 1.13. The first-order valence-corrected chi connectivity index (χ1v) is 15.8. The van der Waals surface area contributed by atoms with Gasteiger partial charge in [-0.3, -0.25) is 19.3 Å². The second kappa shape index (κ2) is 12.8. The van der Waals surface area contributed by atoms with Crippen molar-refractivity contribution in [1.82, 2.24) is 19.4 Å². The molecule has 0 aromatic heterocycles. The number of nitrogens with one attached hydrogen (secondary N) is 1. The lowest BCUT2D eigenvalue weighted by atomic mass is 10.1. The van der Waals surface area contributed by atoms with E-state index in [4.69, 9.17) is 11.6 Å². The number of benzene rings is 3. The number of piperazine rings is 1. The Bertz CT molecular complexity index is 1580. The van der Waals surface area contributed by atoms with Gasteiger partial charge in [0.2, 0.25) is 27.7 Å². The molecular weight excluding hydrogens is 578 g/mol. The third-order valence-corrected chi connectivity index (χ3v) is 9.54. The van der Waals surface area contributed by atoms with E-state index in [2.05, 4.69) is 4.72 Å². The number of sulfonamides is 1. The minimum atomic E-state index is -3.97. The van der Waals surface area contributed by atoms with Gasteiger partial charge in [0.05, 0.1) is 18.0 Å². The number of rotatable bonds is 8. The summed E-state index contributed by atoms with van der Waals surface area (Å²) in [5.41, 5.74) is 0.825. The molecule has 10 nitrogen and oxygen atoms in total. The highest BCUT2D eigenvalue weighted by Crippen LogP contribution is 2.24. The van der Waals surface area contributed by atoms with E-state index in [0.717, 1.165) is 16.5 Å². The molecule has 42 heavy (non-hydrogen) atoms. The lowest BCUT2D eigenvalue weighted by Crippen LogP contribution is -2.56. The maximum absolute atomic E-state index is 13.2. The van der Waals surface area contributed by atoms with Crippen LogP contribution in [0.15, 0.2) is 71.6 Å². The van der Waals surface area contributed by atoms with E-state index in [1.165, 1.54) is 11.0 Å². The number of likely N-dealkylation sites (tertiary alicyclic amines) is 1. The Hall–Kier alpha value is -3.51. The number of nitrogens with zero attached hydrogens (tertiary/aromatic N) is 4. The molecule has 3 aromatic carbocycles. The number of amides is 3. The van der Waals surface area contributed by atoms with Crippen LogP contribution in [0.5, 0.6) is 0 Å². The van der Waals surface area contributed by atoms with Crippen LogP contribution in [0.1, 0.15) is 12.8 Å². The van der Waals surface area contributed by atoms with Crippen LogP contribution in [0.4, 0.5) is 5.69 Å². The minimum Gasteiger partial charge on any atom is -0.339 e. The summed E-state index contributed by atoms with van der Waals surface area (Å²) in [5, 5.41) is 2.09. The predicted molar refractivity (Wildman–Crippen MR) is 162 cm³/mol. The predicted octanol–water partition coefficient (Wildman–Crippen LogP) is 2.57. The molecule has 0 aliphatic carbocycles. The van der Waals surface area contributed by atoms with E-state index in [1.54, 1.807) is 47.2 Å². The fourth-order valence-corrected chi connectivity index (χ4v) is 6.77. The van der Waals surface area contributed by atoms with Crippen LogP contribution in [0.25, 0.3) is 10.8 Å². The first kappa shape index (κ1) is 30.0. The fourth-order valence-electron chi connectivity index (χ4n) is 5.34. The number of hydrogen-bond acceptors (Lipinski definition) is 6. The van der Waals surface area contributed by atoms with Crippen molar-refractivity contribution in [3.8, 4) is 0 Å². The summed E-state index contributed by atoms with van der Waals surface area (Å²) in [6.07, 6.45) is 0.934. The molecule has 2 aliphatic heterocycles. The Morgan fingerprint density at radius 1 is 0.929 bits per heavy atom. The topological polar surface area (TPSA) is 110 Å². The Morgan fingerprint density at radius 3 is 2.36 bits per heavy atom. The molecule has 0 saturated carbocycles. The van der Waals surface area contributed by atoms with Gasteiger partial charge in [-0.05, 0) is 60.0 Å². The van der Waals surface area contributed by atoms with Crippen molar-refractivity contribution in [2.45, 2.75) is 23.8 Å². The molecule has 5 rings (SSSR count). The van der Waals surface area contributed by atoms with E-state index >= 15 is 0 Å². The molecule has 2 aliphatic rings. The average Bonchev–Trinajstić information content (AvgIpc) is 2.99. The van der Waals surface area contributed by atoms with Crippen LogP contribution in [-0.4, -0.2) is 99.7 Å². The van der Waals surface area contributed by atoms with Gasteiger partial charge in [0.1, 0.15) is 6.04 Å². The number of likely N-dealkylation sites (N-methyl/N-ethyl adjacent to an activating group) is 1. The van der Waals surface area contributed by atoms with Crippen LogP contribution in [0, 0.1) is 0 Å². The SMILES string of the molecule is CN(C(=O)CN1CCN(C(=O)CN2CCCC(NS(=O)(=O)c3ccc4cc(Cl)ccc4c3)C2=O)CC1)c1ccccc1. The molecule has 2 fully saturated rings. The first-order valence-electron chi connectivity index (χ1n) is 13.9. The van der Waals surface area contributed by atoms with Gasteiger partial charge in [-0.15, -0.1) is 0 Å². The summed E-state index contributed by atoms with van der Waals surface area (Å²) in [6.45, 7) is 2.54. The lowest BCUT2D eigenvalue weighted by molar-refractivity contribution is -0.144. The Morgan fingerprint density at radius 2 is 1.62 bits per heavy atom. The molecule has 3 aromatic rings. The molecule has 2 saturated heterocycles. The minimum absolute atomic E-state index is 0.0264. The molecule has 0 radical (unpaired) electrons. The van der Waals surface area contributed by atoms with Crippen molar-refractivity contribution in [2.75, 3.05) is 57.8 Å². The molecule has 1 N–H and O–H groups in total. The van der Waals surface area contributed by atoms with Crippen molar-refractivity contribution in [3.05, 3.63) is 71.8 Å². The molecule has 12 heteroatoms. The van der Waals surface area contributed by atoms with E-state index in [1.807, 2.05) is 35.2 Å². The average molecular weight is 612 g/mol. The number of fused-ring (bicyclic) bond motifs is 1. The number of para-hydroxylation sites is 1. The second-order valence-corrected chi connectivity index (χ2v) is 12.8. The highest BCUT2D eigenvalue weighted by molar-refractivity contribution is 7.89. The summed E-state index contributed by atoms with van der Waals surface area (Å²) in [5.74, 6) is -0.618. The standard InChI is InChI=1S/C30H34ClN5O5S/c1-33(25-6-3-2-4-7-25)28(37)20-34-14-16-35(17-15-34)29(38)21-36-13-5-8-27(30(36)39)32-42(40,41)26-12-10-22-18-24(31)11-9-23(22)19-26/h2-4,6-7,9-12,18-19,27,32H,5,8,13-17,20-21H2,1H3. The van der Waals surface area contributed by atoms with Crippen molar-refractivity contribution in [1.29, 1.82) is 0 Å². The number of piperidine rings is 1. The summed E-state index contributed by atoms with van der Waals surface area (Å²) in [6, 6.07) is 18.4. The molecular formula is C30H34ClN5O5S. The van der Waals surface area contributed by atoms with Crippen molar-refractivity contribution < 1.29 is 22.8 Å². The molecule has 222 valence electrons. The monoisotopic (exact) mass is 611 g/mol. The normalized spacial score (nSPS) is 18.3. The van der Waals surface area contributed by atoms with E-state index in [9.17, 15) is 22.8 Å². The van der Waals surface area contributed by atoms with Crippen LogP contribution < -0.4 is 9.62 Å². The smallest absolute Gasteiger partial charge is 0.242 e. The number of carbonyl (C=O) groups is 3. The van der Waals surface area contributed by atoms with Crippen LogP contribution in [0.2, 0.25) is 5.02 Å². The van der Waals surface area contributed by atoms with Gasteiger partial charge in [0, 0.05) is 50.5 Å². The number of anilines is 1. The van der Waals surface area contributed by atoms with Crippen LogP contribution in [0.3, 0.4) is 0 Å². The van der Waals surface area contributed by atoms with Crippen molar-refractivity contribution in [2.24, 2.45) is 0 Å². The zero-order chi connectivity index (χ0) is 29.9. The van der Waals surface area contributed by atoms with E-state index in [0.29, 0.717) is 50.6 Å². The number of halogens is 1. The Kier molecular flexibility index (Phi) is 9.12. The molecule has 0 spiro atoms. The fraction of sp³-hybridized carbons (Fsp3) is 0.367. The van der Waals surface area contributed by atoms with Gasteiger partial charge < -0.3 is 14.7 Å². The largest absolute Gasteiger partial charge is 0.339 e. The number of hydrogen-bond donors (Lipinski definition) is 1. The first-order chi connectivity index (χ1) is 20.1. The van der Waals surface area contributed by atoms with Gasteiger partial charge in [-0.2, -0.15) is 4.72 Å². The zero-order valence-electron chi connectivity index (χ0n) is 23.4. The Labute approximate surface area is 250 Å². The summed E-state index contributed by atoms with van der Waals surface area (Å²) in [4.78, 5) is 45.9. The molecule has 0 bridgehead atoms. The highest BCUT2D eigenvalue weighted by Gasteiger charge is 2.34. The van der Waals surface area contributed by atoms with Crippen molar-refractivity contribution in [3.63, 3.8) is 0 Å². The summed E-state index contributed by atoms with van der Waals surface area (Å²) in [7, 11) is -2.22. The van der Waals surface area contributed by atoms with Gasteiger partial charge in [-0.1, -0.05) is 41.9 Å². The van der Waals surface area contributed by atoms with Crippen LogP contribution in [-0.2, 0) is 24.4 Å². The molecule has 1 atom stereocenters. The second-order valence-electron chi connectivity index (χ2n) is 10.7. The quantitative estimate of drug-likeness (QED) is 0.419. The molecule has 2 heterocycles. The van der Waals surface area contributed by atoms with Crippen LogP contribution >= 0.6 is 11.6 Å².